The van der Waals surface area contributed by atoms with Crippen LogP contribution in [0.3, 0.4) is 0 Å². The minimum absolute atomic E-state index is 0.000403. The lowest BCUT2D eigenvalue weighted by atomic mass is 10.3. The van der Waals surface area contributed by atoms with Crippen LogP contribution in [0.5, 0.6) is 0 Å². The van der Waals surface area contributed by atoms with Gasteiger partial charge in [-0.1, -0.05) is 0 Å². The first-order valence-corrected chi connectivity index (χ1v) is 5.78. The third-order valence-electron chi connectivity index (χ3n) is 1.98. The second kappa shape index (κ2) is 6.19. The van der Waals surface area contributed by atoms with Gasteiger partial charge in [0.1, 0.15) is 0 Å². The molecule has 0 aromatic heterocycles. The average molecular weight is 302 g/mol. The molecule has 0 fully saturated rings. The van der Waals surface area contributed by atoms with Crippen molar-refractivity contribution >= 4 is 33.2 Å². The van der Waals surface area contributed by atoms with Gasteiger partial charge in [-0.25, -0.2) is 0 Å². The molecule has 0 aliphatic rings. The van der Waals surface area contributed by atoms with E-state index in [1.54, 1.807) is 6.07 Å². The summed E-state index contributed by atoms with van der Waals surface area (Å²) in [6, 6.07) is 4.33. The molecule has 0 aliphatic carbocycles. The van der Waals surface area contributed by atoms with Gasteiger partial charge < -0.3 is 10.6 Å². The Hall–Kier alpha value is -1.63. The van der Waals surface area contributed by atoms with Gasteiger partial charge in [0.25, 0.3) is 5.69 Å². The SMILES string of the molecule is CCNC(=O)CNc1ccc([N+](=O)[O-])cc1Br. The zero-order valence-corrected chi connectivity index (χ0v) is 10.8. The first-order valence-electron chi connectivity index (χ1n) is 4.99. The Balaban J connectivity index is 2.66. The van der Waals surface area contributed by atoms with Gasteiger partial charge in [0, 0.05) is 28.8 Å². The van der Waals surface area contributed by atoms with Crippen molar-refractivity contribution in [3.05, 3.63) is 32.8 Å². The minimum Gasteiger partial charge on any atom is -0.375 e. The van der Waals surface area contributed by atoms with Crippen LogP contribution < -0.4 is 10.6 Å². The lowest BCUT2D eigenvalue weighted by molar-refractivity contribution is -0.384. The van der Waals surface area contributed by atoms with Gasteiger partial charge in [-0.05, 0) is 28.9 Å². The zero-order valence-electron chi connectivity index (χ0n) is 9.20. The summed E-state index contributed by atoms with van der Waals surface area (Å²) >= 11 is 3.21. The number of carbonyl (C=O) groups excluding carboxylic acids is 1. The second-order valence-corrected chi connectivity index (χ2v) is 4.08. The number of nitrogens with one attached hydrogen (secondary N) is 2. The monoisotopic (exact) mass is 301 g/mol. The van der Waals surface area contributed by atoms with Gasteiger partial charge in [0.2, 0.25) is 5.91 Å². The van der Waals surface area contributed by atoms with Crippen molar-refractivity contribution in [3.8, 4) is 0 Å². The molecule has 0 saturated carbocycles. The smallest absolute Gasteiger partial charge is 0.270 e. The van der Waals surface area contributed by atoms with Crippen LogP contribution in [0.4, 0.5) is 11.4 Å². The van der Waals surface area contributed by atoms with Gasteiger partial charge in [-0.3, -0.25) is 14.9 Å². The zero-order chi connectivity index (χ0) is 12.8. The highest BCUT2D eigenvalue weighted by Gasteiger charge is 2.09. The molecule has 0 aliphatic heterocycles. The third kappa shape index (κ3) is 4.03. The molecule has 0 spiro atoms. The minimum atomic E-state index is -0.474. The molecule has 17 heavy (non-hydrogen) atoms. The number of nitro benzene ring substituents is 1. The van der Waals surface area contributed by atoms with Crippen LogP contribution >= 0.6 is 15.9 Å². The first-order chi connectivity index (χ1) is 8.04. The molecule has 1 amide bonds. The van der Waals surface area contributed by atoms with E-state index in [0.29, 0.717) is 16.7 Å². The van der Waals surface area contributed by atoms with Crippen molar-refractivity contribution in [1.82, 2.24) is 5.32 Å². The number of benzene rings is 1. The number of nitrogens with zero attached hydrogens (tertiary/aromatic N) is 1. The fourth-order valence-electron chi connectivity index (χ4n) is 1.20. The van der Waals surface area contributed by atoms with Gasteiger partial charge >= 0.3 is 0 Å². The summed E-state index contributed by atoms with van der Waals surface area (Å²) in [5, 5.41) is 16.0. The van der Waals surface area contributed by atoms with E-state index in [9.17, 15) is 14.9 Å². The van der Waals surface area contributed by atoms with Crippen molar-refractivity contribution in [2.45, 2.75) is 6.92 Å². The van der Waals surface area contributed by atoms with Gasteiger partial charge in [0.05, 0.1) is 11.5 Å². The molecule has 0 atom stereocenters. The third-order valence-corrected chi connectivity index (χ3v) is 2.63. The molecular formula is C10H12BrN3O3. The lowest BCUT2D eigenvalue weighted by Gasteiger charge is -2.08. The van der Waals surface area contributed by atoms with E-state index in [4.69, 9.17) is 0 Å². The van der Waals surface area contributed by atoms with Crippen LogP contribution in [0.1, 0.15) is 6.92 Å². The van der Waals surface area contributed by atoms with Crippen LogP contribution in [0.2, 0.25) is 0 Å². The normalized spacial score (nSPS) is 9.76. The predicted octanol–water partition coefficient (Wildman–Crippen LogP) is 1.91. The molecule has 92 valence electrons. The van der Waals surface area contributed by atoms with E-state index in [0.717, 1.165) is 0 Å². The van der Waals surface area contributed by atoms with E-state index in [1.165, 1.54) is 12.1 Å². The number of amides is 1. The van der Waals surface area contributed by atoms with E-state index in [1.807, 2.05) is 6.92 Å². The van der Waals surface area contributed by atoms with E-state index in [2.05, 4.69) is 26.6 Å². The number of nitro groups is 1. The van der Waals surface area contributed by atoms with E-state index < -0.39 is 4.92 Å². The fourth-order valence-corrected chi connectivity index (χ4v) is 1.70. The Labute approximate surface area is 107 Å². The largest absolute Gasteiger partial charge is 0.375 e. The van der Waals surface area contributed by atoms with Crippen molar-refractivity contribution in [3.63, 3.8) is 0 Å². The molecule has 1 aromatic carbocycles. The van der Waals surface area contributed by atoms with Gasteiger partial charge in [-0.15, -0.1) is 0 Å². The highest BCUT2D eigenvalue weighted by Crippen LogP contribution is 2.26. The molecule has 7 heteroatoms. The number of hydrogen-bond donors (Lipinski definition) is 2. The molecular weight excluding hydrogens is 290 g/mol. The lowest BCUT2D eigenvalue weighted by Crippen LogP contribution is -2.29. The van der Waals surface area contributed by atoms with Crippen molar-refractivity contribution in [1.29, 1.82) is 0 Å². The Morgan fingerprint density at radius 1 is 1.53 bits per heavy atom. The Bertz CT molecular complexity index is 437. The Kier molecular flexibility index (Phi) is 4.89. The molecule has 0 heterocycles. The molecule has 0 unspecified atom stereocenters. The summed E-state index contributed by atoms with van der Waals surface area (Å²) in [6.07, 6.45) is 0. The van der Waals surface area contributed by atoms with Crippen LogP contribution in [0, 0.1) is 10.1 Å². The molecule has 0 bridgehead atoms. The number of anilines is 1. The van der Waals surface area contributed by atoms with Crippen molar-refractivity contribution < 1.29 is 9.72 Å². The number of non-ortho nitro benzene ring substituents is 1. The summed E-state index contributed by atoms with van der Waals surface area (Å²) in [4.78, 5) is 21.2. The molecule has 2 N–H and O–H groups in total. The first kappa shape index (κ1) is 13.4. The van der Waals surface area contributed by atoms with Gasteiger partial charge in [-0.2, -0.15) is 0 Å². The maximum absolute atomic E-state index is 11.2. The maximum Gasteiger partial charge on any atom is 0.270 e. The fraction of sp³-hybridized carbons (Fsp3) is 0.300. The summed E-state index contributed by atoms with van der Waals surface area (Å²) in [7, 11) is 0. The molecule has 0 saturated heterocycles. The number of carbonyl (C=O) groups is 1. The number of hydrogen-bond acceptors (Lipinski definition) is 4. The average Bonchev–Trinajstić information content (AvgIpc) is 2.27. The Morgan fingerprint density at radius 2 is 2.24 bits per heavy atom. The van der Waals surface area contributed by atoms with E-state index in [-0.39, 0.29) is 18.1 Å². The maximum atomic E-state index is 11.2. The Morgan fingerprint density at radius 3 is 2.76 bits per heavy atom. The summed E-state index contributed by atoms with van der Waals surface area (Å²) in [6.45, 7) is 2.53. The van der Waals surface area contributed by atoms with Crippen LogP contribution in [-0.2, 0) is 4.79 Å². The van der Waals surface area contributed by atoms with E-state index >= 15 is 0 Å². The standard InChI is InChI=1S/C10H12BrN3O3/c1-2-12-10(15)6-13-9-4-3-7(14(16)17)5-8(9)11/h3-5,13H,2,6H2,1H3,(H,12,15). The summed E-state index contributed by atoms with van der Waals surface area (Å²) < 4.78 is 0.552. The highest BCUT2D eigenvalue weighted by molar-refractivity contribution is 9.10. The molecule has 6 nitrogen and oxygen atoms in total. The van der Waals surface area contributed by atoms with Crippen molar-refractivity contribution in [2.75, 3.05) is 18.4 Å². The topological polar surface area (TPSA) is 84.3 Å². The van der Waals surface area contributed by atoms with Crippen LogP contribution in [0.15, 0.2) is 22.7 Å². The highest BCUT2D eigenvalue weighted by atomic mass is 79.9. The number of rotatable bonds is 5. The van der Waals surface area contributed by atoms with Crippen LogP contribution in [-0.4, -0.2) is 23.9 Å². The van der Waals surface area contributed by atoms with Crippen molar-refractivity contribution in [2.24, 2.45) is 0 Å². The molecule has 1 rings (SSSR count). The summed E-state index contributed by atoms with van der Waals surface area (Å²) in [5.41, 5.74) is 0.641. The molecule has 0 radical (unpaired) electrons. The number of likely N-dealkylation sites (N-methyl/N-ethyl adjacent to an activating group) is 1. The summed E-state index contributed by atoms with van der Waals surface area (Å²) in [5.74, 6) is -0.127. The molecule has 1 aromatic rings. The van der Waals surface area contributed by atoms with Gasteiger partial charge in [0.15, 0.2) is 0 Å². The second-order valence-electron chi connectivity index (χ2n) is 3.23. The van der Waals surface area contributed by atoms with Crippen LogP contribution in [0.25, 0.3) is 0 Å². The number of halogens is 1. The quantitative estimate of drug-likeness (QED) is 0.643. The predicted molar refractivity (Wildman–Crippen MR) is 68.0 cm³/mol.